The number of aromatic nitrogens is 6. The number of nitrogens with one attached hydrogen (secondary N) is 2. The lowest BCUT2D eigenvalue weighted by atomic mass is 9.89. The standard InChI is InChI=1S/C17H14N6.C8H15NO/c1-23-11-16(10-22-23)12-3-2-4-13(5-12)17-18-6-14(7-19-17)15-8-20-21-9-15;1-9-8(10)7-5-3-2-4-6-7/h2-11H,1H3,(H,20,21);7H,2-6H2,1H3,(H,9,10). The lowest BCUT2D eigenvalue weighted by Gasteiger charge is -2.19. The van der Waals surface area contributed by atoms with E-state index in [1.807, 2.05) is 50.2 Å². The zero-order valence-corrected chi connectivity index (χ0v) is 19.0. The molecule has 2 N–H and O–H groups in total. The van der Waals surface area contributed by atoms with Gasteiger partial charge in [0, 0.05) is 67.1 Å². The van der Waals surface area contributed by atoms with Crippen LogP contribution < -0.4 is 5.32 Å². The van der Waals surface area contributed by atoms with E-state index in [-0.39, 0.29) is 5.91 Å². The first-order valence-corrected chi connectivity index (χ1v) is 11.3. The summed E-state index contributed by atoms with van der Waals surface area (Å²) in [7, 11) is 3.63. The van der Waals surface area contributed by atoms with E-state index >= 15 is 0 Å². The van der Waals surface area contributed by atoms with Gasteiger partial charge in [-0.05, 0) is 24.5 Å². The third-order valence-corrected chi connectivity index (χ3v) is 5.86. The molecule has 170 valence electrons. The van der Waals surface area contributed by atoms with Gasteiger partial charge >= 0.3 is 0 Å². The van der Waals surface area contributed by atoms with Gasteiger partial charge in [-0.1, -0.05) is 37.5 Å². The maximum absolute atomic E-state index is 11.1. The third-order valence-electron chi connectivity index (χ3n) is 5.86. The molecule has 1 fully saturated rings. The molecule has 8 nitrogen and oxygen atoms in total. The molecule has 1 saturated carbocycles. The van der Waals surface area contributed by atoms with Crippen LogP contribution in [0.2, 0.25) is 0 Å². The maximum atomic E-state index is 11.1. The molecule has 5 rings (SSSR count). The molecule has 33 heavy (non-hydrogen) atoms. The van der Waals surface area contributed by atoms with E-state index in [4.69, 9.17) is 0 Å². The Kier molecular flexibility index (Phi) is 7.24. The Morgan fingerprint density at radius 1 is 0.970 bits per heavy atom. The van der Waals surface area contributed by atoms with Gasteiger partial charge in [0.2, 0.25) is 5.91 Å². The highest BCUT2D eigenvalue weighted by atomic mass is 16.1. The molecule has 1 aliphatic rings. The van der Waals surface area contributed by atoms with Crippen molar-refractivity contribution in [2.75, 3.05) is 7.05 Å². The van der Waals surface area contributed by atoms with E-state index in [0.29, 0.717) is 11.7 Å². The van der Waals surface area contributed by atoms with Crippen LogP contribution in [0.15, 0.2) is 61.4 Å². The van der Waals surface area contributed by atoms with Gasteiger partial charge in [0.05, 0.1) is 12.4 Å². The maximum Gasteiger partial charge on any atom is 0.222 e. The number of hydrogen-bond donors (Lipinski definition) is 2. The van der Waals surface area contributed by atoms with Gasteiger partial charge in [-0.3, -0.25) is 14.6 Å². The summed E-state index contributed by atoms with van der Waals surface area (Å²) in [6.07, 6.45) is 17.0. The van der Waals surface area contributed by atoms with E-state index < -0.39 is 0 Å². The summed E-state index contributed by atoms with van der Waals surface area (Å²) in [4.78, 5) is 20.0. The molecule has 0 spiro atoms. The molecule has 4 aromatic rings. The van der Waals surface area contributed by atoms with Crippen molar-refractivity contribution < 1.29 is 4.79 Å². The monoisotopic (exact) mass is 443 g/mol. The summed E-state index contributed by atoms with van der Waals surface area (Å²) in [5.74, 6) is 1.25. The fraction of sp³-hybridized carbons (Fsp3) is 0.320. The minimum Gasteiger partial charge on any atom is -0.359 e. The number of rotatable bonds is 4. The van der Waals surface area contributed by atoms with Gasteiger partial charge in [0.25, 0.3) is 0 Å². The molecule has 1 amide bonds. The van der Waals surface area contributed by atoms with Crippen molar-refractivity contribution in [1.29, 1.82) is 0 Å². The molecule has 0 saturated heterocycles. The molecule has 8 heteroatoms. The lowest BCUT2D eigenvalue weighted by Crippen LogP contribution is -2.28. The number of aryl methyl sites for hydroxylation is 1. The first-order chi connectivity index (χ1) is 16.1. The number of nitrogens with zero attached hydrogens (tertiary/aromatic N) is 5. The van der Waals surface area contributed by atoms with E-state index in [9.17, 15) is 4.79 Å². The molecule has 0 atom stereocenters. The van der Waals surface area contributed by atoms with Crippen LogP contribution in [0.5, 0.6) is 0 Å². The number of hydrogen-bond acceptors (Lipinski definition) is 5. The molecule has 0 bridgehead atoms. The fourth-order valence-corrected chi connectivity index (χ4v) is 4.01. The first kappa shape index (κ1) is 22.4. The summed E-state index contributed by atoms with van der Waals surface area (Å²) in [5.41, 5.74) is 5.05. The SMILES string of the molecule is CNC(=O)C1CCCCC1.Cn1cc(-c2cccc(-c3ncc(-c4cn[nH]c4)cn3)c2)cn1. The van der Waals surface area contributed by atoms with Crippen molar-refractivity contribution in [2.45, 2.75) is 32.1 Å². The minimum atomic E-state index is 0.236. The Hall–Kier alpha value is -3.81. The van der Waals surface area contributed by atoms with E-state index in [2.05, 4.69) is 42.7 Å². The fourth-order valence-electron chi connectivity index (χ4n) is 4.01. The van der Waals surface area contributed by atoms with Crippen molar-refractivity contribution in [3.05, 3.63) is 61.4 Å². The normalized spacial score (nSPS) is 13.8. The Balaban J connectivity index is 0.000000219. The molecule has 0 radical (unpaired) electrons. The van der Waals surface area contributed by atoms with E-state index in [0.717, 1.165) is 40.7 Å². The Labute approximate surface area is 193 Å². The topological polar surface area (TPSA) is 101 Å². The molecule has 1 aliphatic carbocycles. The lowest BCUT2D eigenvalue weighted by molar-refractivity contribution is -0.125. The summed E-state index contributed by atoms with van der Waals surface area (Å²) in [5, 5.41) is 13.6. The van der Waals surface area contributed by atoms with Crippen molar-refractivity contribution in [3.8, 4) is 33.6 Å². The van der Waals surface area contributed by atoms with Gasteiger partial charge < -0.3 is 5.32 Å². The molecule has 0 aliphatic heterocycles. The Morgan fingerprint density at radius 2 is 1.73 bits per heavy atom. The second-order valence-corrected chi connectivity index (χ2v) is 8.21. The van der Waals surface area contributed by atoms with Crippen LogP contribution in [-0.2, 0) is 11.8 Å². The van der Waals surface area contributed by atoms with Crippen LogP contribution in [0.4, 0.5) is 0 Å². The molecule has 3 aromatic heterocycles. The second kappa shape index (κ2) is 10.7. The van der Waals surface area contributed by atoms with E-state index in [1.165, 1.54) is 19.3 Å². The largest absolute Gasteiger partial charge is 0.359 e. The predicted octanol–water partition coefficient (Wildman–Crippen LogP) is 4.25. The van der Waals surface area contributed by atoms with Gasteiger partial charge in [-0.15, -0.1) is 0 Å². The molecule has 0 unspecified atom stereocenters. The molecule has 1 aromatic carbocycles. The highest BCUT2D eigenvalue weighted by Gasteiger charge is 2.19. The average Bonchev–Trinajstić information content (AvgIpc) is 3.57. The summed E-state index contributed by atoms with van der Waals surface area (Å²) >= 11 is 0. The summed E-state index contributed by atoms with van der Waals surface area (Å²) < 4.78 is 1.79. The zero-order valence-electron chi connectivity index (χ0n) is 19.0. The molecular formula is C25H29N7O. The van der Waals surface area contributed by atoms with Gasteiger partial charge in [-0.2, -0.15) is 10.2 Å². The van der Waals surface area contributed by atoms with Crippen molar-refractivity contribution in [1.82, 2.24) is 35.3 Å². The van der Waals surface area contributed by atoms with Crippen molar-refractivity contribution >= 4 is 5.91 Å². The van der Waals surface area contributed by atoms with Crippen LogP contribution >= 0.6 is 0 Å². The van der Waals surface area contributed by atoms with Crippen LogP contribution in [0, 0.1) is 5.92 Å². The van der Waals surface area contributed by atoms with Crippen LogP contribution in [0.25, 0.3) is 33.6 Å². The highest BCUT2D eigenvalue weighted by Crippen LogP contribution is 2.25. The number of carbonyl (C=O) groups is 1. The van der Waals surface area contributed by atoms with Gasteiger partial charge in [0.1, 0.15) is 0 Å². The number of aromatic amines is 1. The van der Waals surface area contributed by atoms with Crippen molar-refractivity contribution in [2.24, 2.45) is 13.0 Å². The summed E-state index contributed by atoms with van der Waals surface area (Å²) in [6, 6.07) is 8.14. The third kappa shape index (κ3) is 5.71. The van der Waals surface area contributed by atoms with Gasteiger partial charge in [0.15, 0.2) is 5.82 Å². The Morgan fingerprint density at radius 3 is 2.36 bits per heavy atom. The van der Waals surface area contributed by atoms with E-state index in [1.54, 1.807) is 17.9 Å². The molecular weight excluding hydrogens is 414 g/mol. The number of carbonyl (C=O) groups excluding carboxylic acids is 1. The molecule has 3 heterocycles. The van der Waals surface area contributed by atoms with Crippen LogP contribution in [0.3, 0.4) is 0 Å². The van der Waals surface area contributed by atoms with Crippen molar-refractivity contribution in [3.63, 3.8) is 0 Å². The Bertz CT molecular complexity index is 1160. The predicted molar refractivity (Wildman–Crippen MR) is 128 cm³/mol. The van der Waals surface area contributed by atoms with Gasteiger partial charge in [-0.25, -0.2) is 9.97 Å². The van der Waals surface area contributed by atoms with Crippen LogP contribution in [-0.4, -0.2) is 42.9 Å². The first-order valence-electron chi connectivity index (χ1n) is 11.3. The quantitative estimate of drug-likeness (QED) is 0.491. The zero-order chi connectivity index (χ0) is 23.0. The average molecular weight is 444 g/mol. The number of H-pyrrole nitrogens is 1. The van der Waals surface area contributed by atoms with Crippen LogP contribution in [0.1, 0.15) is 32.1 Å². The highest BCUT2D eigenvalue weighted by molar-refractivity contribution is 5.78. The number of benzene rings is 1. The second-order valence-electron chi connectivity index (χ2n) is 8.21. The summed E-state index contributed by atoms with van der Waals surface area (Å²) in [6.45, 7) is 0. The number of amides is 1. The smallest absolute Gasteiger partial charge is 0.222 e. The minimum absolute atomic E-state index is 0.236.